The van der Waals surface area contributed by atoms with E-state index in [9.17, 15) is 4.79 Å². The first kappa shape index (κ1) is 12.1. The number of anilines is 3. The lowest BCUT2D eigenvalue weighted by molar-refractivity contribution is -0.105. The van der Waals surface area contributed by atoms with Gasteiger partial charge in [-0.05, 0) is 19.1 Å². The van der Waals surface area contributed by atoms with Gasteiger partial charge in [-0.3, -0.25) is 14.5 Å². The van der Waals surface area contributed by atoms with Crippen molar-refractivity contribution < 1.29 is 4.79 Å². The number of nitrogens with zero attached hydrogens (tertiary/aromatic N) is 4. The number of amides is 1. The van der Waals surface area contributed by atoms with Crippen molar-refractivity contribution in [2.75, 3.05) is 10.6 Å². The first-order chi connectivity index (χ1) is 9.78. The van der Waals surface area contributed by atoms with E-state index in [0.717, 1.165) is 5.69 Å². The van der Waals surface area contributed by atoms with Gasteiger partial charge in [-0.1, -0.05) is 17.7 Å². The second-order valence-electron chi connectivity index (χ2n) is 4.25. The molecule has 0 fully saturated rings. The van der Waals surface area contributed by atoms with Gasteiger partial charge in [-0.2, -0.15) is 0 Å². The minimum atomic E-state index is 0.351. The maximum absolute atomic E-state index is 10.5. The predicted octanol–water partition coefficient (Wildman–Crippen LogP) is 1.74. The highest BCUT2D eigenvalue weighted by molar-refractivity contribution is 5.73. The van der Waals surface area contributed by atoms with Crippen molar-refractivity contribution in [1.82, 2.24) is 19.6 Å². The molecule has 3 rings (SSSR count). The van der Waals surface area contributed by atoms with Gasteiger partial charge in [0.25, 0.3) is 0 Å². The van der Waals surface area contributed by atoms with Crippen molar-refractivity contribution in [2.24, 2.45) is 0 Å². The first-order valence-electron chi connectivity index (χ1n) is 6.01. The number of fused-ring (bicyclic) bond motifs is 1. The fourth-order valence-corrected chi connectivity index (χ4v) is 1.84. The Hall–Kier alpha value is -2.96. The van der Waals surface area contributed by atoms with E-state index in [-0.39, 0.29) is 0 Å². The van der Waals surface area contributed by atoms with Gasteiger partial charge in [0.1, 0.15) is 0 Å². The number of benzene rings is 1. The molecule has 100 valence electrons. The smallest absolute Gasteiger partial charge is 0.235 e. The molecule has 0 unspecified atom stereocenters. The van der Waals surface area contributed by atoms with Gasteiger partial charge in [-0.15, -0.1) is 10.2 Å². The molecule has 0 bridgehead atoms. The summed E-state index contributed by atoms with van der Waals surface area (Å²) in [7, 11) is 0. The SMILES string of the molecule is Cc1ccc(Nc2nccn3c(NC=O)nnc23)cc1. The van der Waals surface area contributed by atoms with Crippen molar-refractivity contribution in [3.63, 3.8) is 0 Å². The zero-order valence-electron chi connectivity index (χ0n) is 10.7. The maximum Gasteiger partial charge on any atom is 0.235 e. The van der Waals surface area contributed by atoms with Crippen LogP contribution in [0.25, 0.3) is 5.65 Å². The summed E-state index contributed by atoms with van der Waals surface area (Å²) >= 11 is 0. The maximum atomic E-state index is 10.5. The van der Waals surface area contributed by atoms with Crippen LogP contribution in [-0.4, -0.2) is 26.0 Å². The van der Waals surface area contributed by atoms with Gasteiger partial charge < -0.3 is 5.32 Å². The van der Waals surface area contributed by atoms with Gasteiger partial charge in [0.05, 0.1) is 0 Å². The number of rotatable bonds is 4. The Bertz CT molecular complexity index is 749. The molecule has 2 N–H and O–H groups in total. The molecular weight excluding hydrogens is 256 g/mol. The standard InChI is InChI=1S/C13H12N6O/c1-9-2-4-10(5-3-9)16-11-12-17-18-13(15-8-20)19(12)7-6-14-11/h2-8H,1H3,(H,14,16)(H,15,18,20). The van der Waals surface area contributed by atoms with Crippen LogP contribution < -0.4 is 10.6 Å². The van der Waals surface area contributed by atoms with Gasteiger partial charge in [0.2, 0.25) is 18.0 Å². The van der Waals surface area contributed by atoms with Gasteiger partial charge >= 0.3 is 0 Å². The molecule has 0 saturated heterocycles. The highest BCUT2D eigenvalue weighted by Gasteiger charge is 2.09. The van der Waals surface area contributed by atoms with Gasteiger partial charge in [0.15, 0.2) is 5.82 Å². The quantitative estimate of drug-likeness (QED) is 0.704. The Kier molecular flexibility index (Phi) is 3.00. The van der Waals surface area contributed by atoms with Crippen LogP contribution in [0.15, 0.2) is 36.7 Å². The summed E-state index contributed by atoms with van der Waals surface area (Å²) in [6.07, 6.45) is 3.86. The third-order valence-electron chi connectivity index (χ3n) is 2.83. The van der Waals surface area contributed by atoms with E-state index in [4.69, 9.17) is 0 Å². The average molecular weight is 268 g/mol. The first-order valence-corrected chi connectivity index (χ1v) is 6.01. The summed E-state index contributed by atoms with van der Waals surface area (Å²) in [6, 6.07) is 7.93. The van der Waals surface area contributed by atoms with Crippen LogP contribution >= 0.6 is 0 Å². The van der Waals surface area contributed by atoms with E-state index in [0.29, 0.717) is 23.8 Å². The highest BCUT2D eigenvalue weighted by Crippen LogP contribution is 2.20. The molecular formula is C13H12N6O. The Morgan fingerprint density at radius 3 is 2.75 bits per heavy atom. The number of hydrogen-bond donors (Lipinski definition) is 2. The fourth-order valence-electron chi connectivity index (χ4n) is 1.84. The largest absolute Gasteiger partial charge is 0.337 e. The molecule has 0 aliphatic rings. The lowest BCUT2D eigenvalue weighted by Gasteiger charge is -2.06. The van der Waals surface area contributed by atoms with Gasteiger partial charge in [0, 0.05) is 18.1 Å². The van der Waals surface area contributed by atoms with Crippen molar-refractivity contribution >= 4 is 29.5 Å². The van der Waals surface area contributed by atoms with Gasteiger partial charge in [-0.25, -0.2) is 4.98 Å². The van der Waals surface area contributed by atoms with E-state index >= 15 is 0 Å². The molecule has 0 aliphatic carbocycles. The van der Waals surface area contributed by atoms with Crippen LogP contribution in [0.3, 0.4) is 0 Å². The molecule has 2 heterocycles. The molecule has 0 aliphatic heterocycles. The van der Waals surface area contributed by atoms with E-state index in [1.807, 2.05) is 31.2 Å². The summed E-state index contributed by atoms with van der Waals surface area (Å²) in [6.45, 7) is 2.03. The number of nitrogens with one attached hydrogen (secondary N) is 2. The molecule has 0 spiro atoms. The Balaban J connectivity index is 1.99. The fraction of sp³-hybridized carbons (Fsp3) is 0.0769. The summed E-state index contributed by atoms with van der Waals surface area (Å²) in [5.41, 5.74) is 2.63. The van der Waals surface area contributed by atoms with Crippen LogP contribution in [0.1, 0.15) is 5.56 Å². The minimum Gasteiger partial charge on any atom is -0.337 e. The summed E-state index contributed by atoms with van der Waals surface area (Å²) in [4.78, 5) is 14.7. The minimum absolute atomic E-state index is 0.351. The second-order valence-corrected chi connectivity index (χ2v) is 4.25. The molecule has 0 radical (unpaired) electrons. The monoisotopic (exact) mass is 268 g/mol. The molecule has 1 amide bonds. The Morgan fingerprint density at radius 1 is 1.20 bits per heavy atom. The molecule has 20 heavy (non-hydrogen) atoms. The zero-order valence-corrected chi connectivity index (χ0v) is 10.7. The van der Waals surface area contributed by atoms with Crippen LogP contribution in [0.2, 0.25) is 0 Å². The molecule has 0 atom stereocenters. The van der Waals surface area contributed by atoms with E-state index in [2.05, 4.69) is 25.8 Å². The Morgan fingerprint density at radius 2 is 2.00 bits per heavy atom. The number of carbonyl (C=O) groups excluding carboxylic acids is 1. The van der Waals surface area contributed by atoms with Crippen LogP contribution in [-0.2, 0) is 4.79 Å². The second kappa shape index (κ2) is 4.96. The lowest BCUT2D eigenvalue weighted by Crippen LogP contribution is -2.01. The Labute approximate surface area is 114 Å². The third kappa shape index (κ3) is 2.16. The van der Waals surface area contributed by atoms with Crippen molar-refractivity contribution in [3.8, 4) is 0 Å². The topological polar surface area (TPSA) is 84.2 Å². The number of aromatic nitrogens is 4. The third-order valence-corrected chi connectivity index (χ3v) is 2.83. The molecule has 0 saturated carbocycles. The summed E-state index contributed by atoms with van der Waals surface area (Å²) in [5, 5.41) is 13.6. The number of aryl methyl sites for hydroxylation is 1. The normalized spacial score (nSPS) is 10.4. The van der Waals surface area contributed by atoms with E-state index in [1.165, 1.54) is 5.56 Å². The molecule has 2 aromatic heterocycles. The summed E-state index contributed by atoms with van der Waals surface area (Å²) in [5.74, 6) is 0.923. The van der Waals surface area contributed by atoms with Crippen molar-refractivity contribution in [2.45, 2.75) is 6.92 Å². The summed E-state index contributed by atoms with van der Waals surface area (Å²) < 4.78 is 1.65. The zero-order chi connectivity index (χ0) is 13.9. The van der Waals surface area contributed by atoms with Crippen LogP contribution in [0.4, 0.5) is 17.5 Å². The highest BCUT2D eigenvalue weighted by atomic mass is 16.1. The van der Waals surface area contributed by atoms with E-state index < -0.39 is 0 Å². The van der Waals surface area contributed by atoms with Crippen LogP contribution in [0.5, 0.6) is 0 Å². The average Bonchev–Trinajstić information content (AvgIpc) is 2.86. The number of hydrogen-bond acceptors (Lipinski definition) is 5. The van der Waals surface area contributed by atoms with Crippen molar-refractivity contribution in [3.05, 3.63) is 42.2 Å². The van der Waals surface area contributed by atoms with Crippen LogP contribution in [0, 0.1) is 6.92 Å². The predicted molar refractivity (Wildman–Crippen MR) is 74.9 cm³/mol. The molecule has 3 aromatic rings. The number of carbonyl (C=O) groups is 1. The van der Waals surface area contributed by atoms with Crippen molar-refractivity contribution in [1.29, 1.82) is 0 Å². The lowest BCUT2D eigenvalue weighted by atomic mass is 10.2. The molecule has 7 heteroatoms. The molecule has 1 aromatic carbocycles. The molecule has 7 nitrogen and oxygen atoms in total. The van der Waals surface area contributed by atoms with E-state index in [1.54, 1.807) is 16.8 Å².